The van der Waals surface area contributed by atoms with Gasteiger partial charge in [-0.2, -0.15) is 0 Å². The first-order chi connectivity index (χ1) is 9.95. The minimum atomic E-state index is -0.368. The van der Waals surface area contributed by atoms with Crippen molar-refractivity contribution in [3.63, 3.8) is 0 Å². The number of nitrogens with zero attached hydrogens (tertiary/aromatic N) is 1. The highest BCUT2D eigenvalue weighted by Crippen LogP contribution is 2.19. The first kappa shape index (κ1) is 17.1. The summed E-state index contributed by atoms with van der Waals surface area (Å²) >= 11 is 0. The molecule has 0 bridgehead atoms. The SMILES string of the molecule is CC/C=C\CCC(=O)O/N=C1\C=C(C(C)C)C(=O)C=C1C. The zero-order valence-corrected chi connectivity index (χ0v) is 13.2. The smallest absolute Gasteiger partial charge is 0.318 e. The fourth-order valence-corrected chi connectivity index (χ4v) is 1.87. The topological polar surface area (TPSA) is 55.7 Å². The molecule has 4 nitrogen and oxygen atoms in total. The Morgan fingerprint density at radius 3 is 2.67 bits per heavy atom. The van der Waals surface area contributed by atoms with E-state index in [1.807, 2.05) is 32.9 Å². The van der Waals surface area contributed by atoms with Gasteiger partial charge in [-0.1, -0.05) is 38.1 Å². The van der Waals surface area contributed by atoms with E-state index in [1.165, 1.54) is 6.08 Å². The number of ketones is 1. The third-order valence-corrected chi connectivity index (χ3v) is 3.11. The molecule has 1 aliphatic carbocycles. The lowest BCUT2D eigenvalue weighted by Crippen LogP contribution is -2.16. The molecule has 0 aliphatic heterocycles. The molecule has 1 rings (SSSR count). The van der Waals surface area contributed by atoms with Gasteiger partial charge in [-0.25, -0.2) is 4.79 Å². The maximum atomic E-state index is 11.8. The highest BCUT2D eigenvalue weighted by Gasteiger charge is 2.19. The molecule has 0 aromatic carbocycles. The van der Waals surface area contributed by atoms with E-state index >= 15 is 0 Å². The van der Waals surface area contributed by atoms with Crippen LogP contribution in [0.3, 0.4) is 0 Å². The van der Waals surface area contributed by atoms with Crippen molar-refractivity contribution in [2.75, 3.05) is 0 Å². The molecule has 0 atom stereocenters. The molecule has 0 unspecified atom stereocenters. The monoisotopic (exact) mass is 289 g/mol. The van der Waals surface area contributed by atoms with E-state index in [4.69, 9.17) is 4.84 Å². The highest BCUT2D eigenvalue weighted by atomic mass is 16.7. The summed E-state index contributed by atoms with van der Waals surface area (Å²) < 4.78 is 0. The van der Waals surface area contributed by atoms with Crippen molar-refractivity contribution in [2.24, 2.45) is 11.1 Å². The zero-order chi connectivity index (χ0) is 15.8. The zero-order valence-electron chi connectivity index (χ0n) is 13.2. The van der Waals surface area contributed by atoms with Crippen LogP contribution in [0.2, 0.25) is 0 Å². The number of oxime groups is 1. The second-order valence-corrected chi connectivity index (χ2v) is 5.30. The summed E-state index contributed by atoms with van der Waals surface area (Å²) in [4.78, 5) is 28.3. The Morgan fingerprint density at radius 2 is 2.05 bits per heavy atom. The number of carbonyl (C=O) groups excluding carboxylic acids is 2. The van der Waals surface area contributed by atoms with Gasteiger partial charge >= 0.3 is 5.97 Å². The van der Waals surface area contributed by atoms with Crippen LogP contribution in [0.15, 0.2) is 40.6 Å². The molecule has 0 heterocycles. The molecule has 0 spiro atoms. The quantitative estimate of drug-likeness (QED) is 0.324. The molecule has 0 aromatic rings. The van der Waals surface area contributed by atoms with E-state index < -0.39 is 0 Å². The number of hydrogen-bond donors (Lipinski definition) is 0. The van der Waals surface area contributed by atoms with Crippen LogP contribution in [0.25, 0.3) is 0 Å². The molecule has 114 valence electrons. The second kappa shape index (κ2) is 8.35. The van der Waals surface area contributed by atoms with Gasteiger partial charge in [0.1, 0.15) is 5.71 Å². The van der Waals surface area contributed by atoms with Crippen molar-refractivity contribution in [2.45, 2.75) is 47.0 Å². The third kappa shape index (κ3) is 5.50. The fraction of sp³-hybridized carbons (Fsp3) is 0.471. The lowest BCUT2D eigenvalue weighted by atomic mass is 9.90. The van der Waals surface area contributed by atoms with Crippen molar-refractivity contribution in [1.29, 1.82) is 0 Å². The Hall–Kier alpha value is -1.97. The van der Waals surface area contributed by atoms with Crippen molar-refractivity contribution < 1.29 is 14.4 Å². The maximum Gasteiger partial charge on any atom is 0.335 e. The van der Waals surface area contributed by atoms with Gasteiger partial charge in [0.05, 0.1) is 6.42 Å². The first-order valence-electron chi connectivity index (χ1n) is 7.33. The molecule has 1 aliphatic rings. The summed E-state index contributed by atoms with van der Waals surface area (Å²) in [5.41, 5.74) is 1.93. The number of allylic oxidation sites excluding steroid dienone is 6. The molecule has 0 saturated heterocycles. The van der Waals surface area contributed by atoms with Gasteiger partial charge in [-0.05, 0) is 43.4 Å². The Balaban J connectivity index is 2.66. The predicted octanol–water partition coefficient (Wildman–Crippen LogP) is 3.74. The maximum absolute atomic E-state index is 11.8. The predicted molar refractivity (Wildman–Crippen MR) is 83.9 cm³/mol. The van der Waals surface area contributed by atoms with E-state index in [9.17, 15) is 9.59 Å². The van der Waals surface area contributed by atoms with E-state index in [0.717, 1.165) is 6.42 Å². The number of hydrogen-bond acceptors (Lipinski definition) is 4. The van der Waals surface area contributed by atoms with Crippen LogP contribution < -0.4 is 0 Å². The molecule has 0 aromatic heterocycles. The summed E-state index contributed by atoms with van der Waals surface area (Å²) in [6.45, 7) is 7.71. The van der Waals surface area contributed by atoms with Crippen LogP contribution >= 0.6 is 0 Å². The normalized spacial score (nSPS) is 17.4. The van der Waals surface area contributed by atoms with Gasteiger partial charge in [-0.15, -0.1) is 0 Å². The van der Waals surface area contributed by atoms with Crippen molar-refractivity contribution in [1.82, 2.24) is 0 Å². The molecule has 0 radical (unpaired) electrons. The molecular formula is C17H23NO3. The second-order valence-electron chi connectivity index (χ2n) is 5.30. The number of rotatable bonds is 6. The Morgan fingerprint density at radius 1 is 1.33 bits per heavy atom. The van der Waals surface area contributed by atoms with Gasteiger partial charge in [0.2, 0.25) is 0 Å². The average molecular weight is 289 g/mol. The third-order valence-electron chi connectivity index (χ3n) is 3.11. The van der Waals surface area contributed by atoms with E-state index in [1.54, 1.807) is 13.0 Å². The van der Waals surface area contributed by atoms with Crippen LogP contribution in [-0.4, -0.2) is 17.5 Å². The Bertz CT molecular complexity index is 522. The largest absolute Gasteiger partial charge is 0.335 e. The fourth-order valence-electron chi connectivity index (χ4n) is 1.87. The van der Waals surface area contributed by atoms with Crippen LogP contribution in [0.4, 0.5) is 0 Å². The molecule has 0 fully saturated rings. The van der Waals surface area contributed by atoms with E-state index in [2.05, 4.69) is 5.16 Å². The van der Waals surface area contributed by atoms with Gasteiger partial charge in [-0.3, -0.25) is 4.79 Å². The van der Waals surface area contributed by atoms with E-state index in [-0.39, 0.29) is 17.7 Å². The molecule has 0 saturated carbocycles. The molecule has 21 heavy (non-hydrogen) atoms. The van der Waals surface area contributed by atoms with Crippen LogP contribution in [-0.2, 0) is 14.4 Å². The Kier molecular flexibility index (Phi) is 6.79. The minimum absolute atomic E-state index is 0.00233. The summed E-state index contributed by atoms with van der Waals surface area (Å²) in [7, 11) is 0. The summed E-state index contributed by atoms with van der Waals surface area (Å²) in [5.74, 6) is -0.258. The molecular weight excluding hydrogens is 266 g/mol. The Labute approximate surface area is 126 Å². The average Bonchev–Trinajstić information content (AvgIpc) is 2.42. The van der Waals surface area contributed by atoms with E-state index in [0.29, 0.717) is 29.7 Å². The summed E-state index contributed by atoms with van der Waals surface area (Å²) in [6, 6.07) is 0. The lowest BCUT2D eigenvalue weighted by molar-refractivity contribution is -0.143. The van der Waals surface area contributed by atoms with Gasteiger partial charge in [0.25, 0.3) is 0 Å². The van der Waals surface area contributed by atoms with Crippen LogP contribution in [0, 0.1) is 5.92 Å². The molecule has 0 N–H and O–H groups in total. The van der Waals surface area contributed by atoms with Gasteiger partial charge in [0.15, 0.2) is 5.78 Å². The summed E-state index contributed by atoms with van der Waals surface area (Å²) in [6.07, 6.45) is 9.11. The highest BCUT2D eigenvalue weighted by molar-refractivity contribution is 6.21. The standard InChI is InChI=1S/C17H23NO3/c1-5-6-7-8-9-17(20)21-18-15-11-14(12(2)3)16(19)10-13(15)4/h6-7,10-12H,5,8-9H2,1-4H3/b7-6-,18-15+. The molecule has 4 heteroatoms. The van der Waals surface area contributed by atoms with Crippen molar-refractivity contribution in [3.8, 4) is 0 Å². The minimum Gasteiger partial charge on any atom is -0.318 e. The van der Waals surface area contributed by atoms with Gasteiger partial charge in [0, 0.05) is 5.57 Å². The summed E-state index contributed by atoms with van der Waals surface area (Å²) in [5, 5.41) is 3.88. The van der Waals surface area contributed by atoms with Crippen molar-refractivity contribution >= 4 is 17.5 Å². The number of carbonyl (C=O) groups is 2. The van der Waals surface area contributed by atoms with Crippen LogP contribution in [0.1, 0.15) is 47.0 Å². The van der Waals surface area contributed by atoms with Crippen LogP contribution in [0.5, 0.6) is 0 Å². The molecule has 0 amide bonds. The lowest BCUT2D eigenvalue weighted by Gasteiger charge is -2.14. The van der Waals surface area contributed by atoms with Crippen molar-refractivity contribution in [3.05, 3.63) is 35.5 Å². The van der Waals surface area contributed by atoms with Gasteiger partial charge < -0.3 is 4.84 Å². The first-order valence-corrected chi connectivity index (χ1v) is 7.33.